The van der Waals surface area contributed by atoms with Crippen molar-refractivity contribution in [1.29, 1.82) is 0 Å². The number of aryl methyl sites for hydroxylation is 1. The number of nitrogens with zero attached hydrogens (tertiary/aromatic N) is 1. The van der Waals surface area contributed by atoms with Gasteiger partial charge in [-0.15, -0.1) is 11.3 Å². The fourth-order valence-corrected chi connectivity index (χ4v) is 3.28. The van der Waals surface area contributed by atoms with E-state index in [9.17, 15) is 4.79 Å². The number of thiophene rings is 1. The summed E-state index contributed by atoms with van der Waals surface area (Å²) in [6.45, 7) is 2.51. The Morgan fingerprint density at radius 2 is 1.78 bits per heavy atom. The zero-order valence-corrected chi connectivity index (χ0v) is 14.3. The van der Waals surface area contributed by atoms with Crippen LogP contribution in [-0.2, 0) is 6.54 Å². The highest BCUT2D eigenvalue weighted by Crippen LogP contribution is 2.29. The molecule has 1 heterocycles. The predicted molar refractivity (Wildman–Crippen MR) is 97.5 cm³/mol. The van der Waals surface area contributed by atoms with Crippen LogP contribution < -0.4 is 4.90 Å². The maximum absolute atomic E-state index is 13.0. The second-order valence-electron chi connectivity index (χ2n) is 5.29. The minimum Gasteiger partial charge on any atom is -0.302 e. The highest BCUT2D eigenvalue weighted by atomic mass is 35.5. The summed E-state index contributed by atoms with van der Waals surface area (Å²) in [6, 6.07) is 19.1. The van der Waals surface area contributed by atoms with Gasteiger partial charge in [0.25, 0.3) is 5.91 Å². The number of para-hydroxylation sites is 1. The predicted octanol–water partition coefficient (Wildman–Crippen LogP) is 5.56. The van der Waals surface area contributed by atoms with Crippen molar-refractivity contribution in [3.05, 3.63) is 87.1 Å². The van der Waals surface area contributed by atoms with Crippen LogP contribution in [0.3, 0.4) is 0 Å². The number of benzene rings is 2. The Morgan fingerprint density at radius 1 is 1.04 bits per heavy atom. The van der Waals surface area contributed by atoms with Gasteiger partial charge < -0.3 is 4.90 Å². The zero-order valence-electron chi connectivity index (χ0n) is 12.7. The van der Waals surface area contributed by atoms with E-state index in [1.54, 1.807) is 22.3 Å². The molecule has 2 aromatic carbocycles. The number of anilines is 1. The molecule has 1 amide bonds. The Balaban J connectivity index is 1.99. The van der Waals surface area contributed by atoms with Gasteiger partial charge in [-0.05, 0) is 42.6 Å². The second kappa shape index (κ2) is 6.99. The molecule has 0 N–H and O–H groups in total. The van der Waals surface area contributed by atoms with Gasteiger partial charge in [0.1, 0.15) is 0 Å². The van der Waals surface area contributed by atoms with E-state index in [0.717, 1.165) is 16.1 Å². The molecular formula is C19H16ClNOS. The molecule has 0 saturated carbocycles. The number of carbonyl (C=O) groups excluding carboxylic acids is 1. The van der Waals surface area contributed by atoms with E-state index >= 15 is 0 Å². The van der Waals surface area contributed by atoms with Crippen LogP contribution in [0.2, 0.25) is 5.02 Å². The van der Waals surface area contributed by atoms with Crippen molar-refractivity contribution in [3.8, 4) is 0 Å². The standard InChI is InChI=1S/C19H16ClNOS/c1-14-8-10-15(11-9-14)19(22)21(13-16-5-4-12-23-16)18-7-3-2-6-17(18)20/h2-12H,13H2,1H3. The van der Waals surface area contributed by atoms with Crippen LogP contribution in [-0.4, -0.2) is 5.91 Å². The van der Waals surface area contributed by atoms with Gasteiger partial charge in [0, 0.05) is 10.4 Å². The van der Waals surface area contributed by atoms with Gasteiger partial charge in [-0.25, -0.2) is 0 Å². The second-order valence-corrected chi connectivity index (χ2v) is 6.73. The van der Waals surface area contributed by atoms with Gasteiger partial charge in [0.15, 0.2) is 0 Å². The molecule has 0 aliphatic rings. The summed E-state index contributed by atoms with van der Waals surface area (Å²) < 4.78 is 0. The lowest BCUT2D eigenvalue weighted by molar-refractivity contribution is 0.0985. The summed E-state index contributed by atoms with van der Waals surface area (Å²) >= 11 is 7.96. The molecule has 0 bridgehead atoms. The van der Waals surface area contributed by atoms with Crippen LogP contribution >= 0.6 is 22.9 Å². The molecule has 4 heteroatoms. The van der Waals surface area contributed by atoms with Crippen LogP contribution in [0.25, 0.3) is 0 Å². The van der Waals surface area contributed by atoms with Crippen LogP contribution in [0, 0.1) is 6.92 Å². The average Bonchev–Trinajstić information content (AvgIpc) is 3.07. The summed E-state index contributed by atoms with van der Waals surface area (Å²) in [7, 11) is 0. The smallest absolute Gasteiger partial charge is 0.258 e. The van der Waals surface area contributed by atoms with Crippen molar-refractivity contribution in [2.24, 2.45) is 0 Å². The lowest BCUT2D eigenvalue weighted by atomic mass is 10.1. The number of hydrogen-bond donors (Lipinski definition) is 0. The minimum absolute atomic E-state index is 0.0495. The Kier molecular flexibility index (Phi) is 4.79. The van der Waals surface area contributed by atoms with Crippen molar-refractivity contribution >= 4 is 34.5 Å². The third-order valence-electron chi connectivity index (χ3n) is 3.58. The van der Waals surface area contributed by atoms with Gasteiger partial charge in [0.2, 0.25) is 0 Å². The molecule has 116 valence electrons. The molecule has 0 saturated heterocycles. The van der Waals surface area contributed by atoms with Crippen molar-refractivity contribution in [2.75, 3.05) is 4.90 Å². The average molecular weight is 342 g/mol. The molecule has 3 rings (SSSR count). The van der Waals surface area contributed by atoms with E-state index in [-0.39, 0.29) is 5.91 Å². The molecular weight excluding hydrogens is 326 g/mol. The summed E-state index contributed by atoms with van der Waals surface area (Å²) in [6.07, 6.45) is 0. The largest absolute Gasteiger partial charge is 0.302 e. The third kappa shape index (κ3) is 3.63. The van der Waals surface area contributed by atoms with Gasteiger partial charge in [-0.1, -0.05) is 47.5 Å². The fourth-order valence-electron chi connectivity index (χ4n) is 2.35. The van der Waals surface area contributed by atoms with Crippen LogP contribution in [0.15, 0.2) is 66.0 Å². The molecule has 0 aliphatic carbocycles. The van der Waals surface area contributed by atoms with Crippen molar-refractivity contribution in [3.63, 3.8) is 0 Å². The van der Waals surface area contributed by atoms with Crippen molar-refractivity contribution < 1.29 is 4.79 Å². The van der Waals surface area contributed by atoms with Gasteiger partial charge in [0.05, 0.1) is 17.3 Å². The Morgan fingerprint density at radius 3 is 2.43 bits per heavy atom. The van der Waals surface area contributed by atoms with E-state index in [2.05, 4.69) is 0 Å². The molecule has 0 spiro atoms. The topological polar surface area (TPSA) is 20.3 Å². The van der Waals surface area contributed by atoms with E-state index in [1.807, 2.05) is 66.9 Å². The molecule has 2 nitrogen and oxygen atoms in total. The molecule has 0 aliphatic heterocycles. The van der Waals surface area contributed by atoms with E-state index < -0.39 is 0 Å². The minimum atomic E-state index is -0.0495. The first-order valence-electron chi connectivity index (χ1n) is 7.30. The van der Waals surface area contributed by atoms with Crippen molar-refractivity contribution in [1.82, 2.24) is 0 Å². The fraction of sp³-hybridized carbons (Fsp3) is 0.105. The summed E-state index contributed by atoms with van der Waals surface area (Å²) in [5.74, 6) is -0.0495. The molecule has 3 aromatic rings. The molecule has 0 radical (unpaired) electrons. The van der Waals surface area contributed by atoms with Gasteiger partial charge in [-0.3, -0.25) is 4.79 Å². The first kappa shape index (κ1) is 15.8. The number of amides is 1. The molecule has 0 atom stereocenters. The van der Waals surface area contributed by atoms with E-state index in [0.29, 0.717) is 17.1 Å². The summed E-state index contributed by atoms with van der Waals surface area (Å²) in [5, 5.41) is 2.58. The first-order valence-corrected chi connectivity index (χ1v) is 8.56. The number of halogens is 1. The highest BCUT2D eigenvalue weighted by Gasteiger charge is 2.20. The van der Waals surface area contributed by atoms with Crippen molar-refractivity contribution in [2.45, 2.75) is 13.5 Å². The maximum Gasteiger partial charge on any atom is 0.258 e. The van der Waals surface area contributed by atoms with E-state index in [1.165, 1.54) is 0 Å². The number of hydrogen-bond acceptors (Lipinski definition) is 2. The Bertz CT molecular complexity index is 797. The molecule has 23 heavy (non-hydrogen) atoms. The number of carbonyl (C=O) groups is 1. The first-order chi connectivity index (χ1) is 11.1. The lowest BCUT2D eigenvalue weighted by Gasteiger charge is -2.23. The molecule has 0 unspecified atom stereocenters. The maximum atomic E-state index is 13.0. The molecule has 0 fully saturated rings. The summed E-state index contributed by atoms with van der Waals surface area (Å²) in [5.41, 5.74) is 2.52. The van der Waals surface area contributed by atoms with E-state index in [4.69, 9.17) is 11.6 Å². The lowest BCUT2D eigenvalue weighted by Crippen LogP contribution is -2.30. The zero-order chi connectivity index (χ0) is 16.2. The molecule has 1 aromatic heterocycles. The number of rotatable bonds is 4. The van der Waals surface area contributed by atoms with Crippen LogP contribution in [0.4, 0.5) is 5.69 Å². The SMILES string of the molecule is Cc1ccc(C(=O)N(Cc2cccs2)c2ccccc2Cl)cc1. The monoisotopic (exact) mass is 341 g/mol. The highest BCUT2D eigenvalue weighted by molar-refractivity contribution is 7.09. The Labute approximate surface area is 145 Å². The van der Waals surface area contributed by atoms with Gasteiger partial charge in [-0.2, -0.15) is 0 Å². The summed E-state index contributed by atoms with van der Waals surface area (Å²) in [4.78, 5) is 15.9. The Hall–Kier alpha value is -2.10. The van der Waals surface area contributed by atoms with Gasteiger partial charge >= 0.3 is 0 Å². The third-order valence-corrected chi connectivity index (χ3v) is 4.76. The van der Waals surface area contributed by atoms with Crippen LogP contribution in [0.1, 0.15) is 20.8 Å². The van der Waals surface area contributed by atoms with Crippen LogP contribution in [0.5, 0.6) is 0 Å². The normalized spacial score (nSPS) is 10.5. The quantitative estimate of drug-likeness (QED) is 0.608.